The number of benzene rings is 2. The molecule has 80 heavy (non-hydrogen) atoms. The van der Waals surface area contributed by atoms with Crippen LogP contribution in [0.4, 0.5) is 5.69 Å². The monoisotopic (exact) mass is 1090 g/mol. The average molecular weight is 1090 g/mol. The van der Waals surface area contributed by atoms with Gasteiger partial charge in [0.2, 0.25) is 11.8 Å². The van der Waals surface area contributed by atoms with Gasteiger partial charge in [-0.3, -0.25) is 44.3 Å². The summed E-state index contributed by atoms with van der Waals surface area (Å²) in [4.78, 5) is 73.6. The van der Waals surface area contributed by atoms with E-state index in [1.807, 2.05) is 0 Å². The van der Waals surface area contributed by atoms with Crippen molar-refractivity contribution < 1.29 is 23.9 Å². The standard InChI is InChI=1S/C65H88N10O5/c1-6-74-54-22-21-46-33-49(54)51(59(74)50-34-48(36-66-55(50)41(2)3)71-30-29-70-25-10-9-17-47(70)37-71)35-64(4,5)40-80-63(79)52-18-12-26-75(69-52)61(77)53(32-42-13-11-16-45(46)31-42)67-60(76)58(44-14-7-8-15-44)72-27-23-65(38-72)24-28-73(39-65)62(78)57-56(68-57)43-19-20-43/h11,13,16,21-22,31,33-34,36,41,43-44,47,52-53,56-58,68-69H,6-10,12,14-15,17-20,23-30,32,35,37-40H2,1-5H3,(H,67,76)/t47-,52+,53+,56-,57-,58+,65+/m1/s1. The molecule has 4 aromatic rings. The van der Waals surface area contributed by atoms with E-state index in [-0.39, 0.29) is 66.1 Å². The minimum atomic E-state index is -0.885. The number of nitrogens with zero attached hydrogens (tertiary/aromatic N) is 7. The highest BCUT2D eigenvalue weighted by molar-refractivity contribution is 5.96. The predicted molar refractivity (Wildman–Crippen MR) is 313 cm³/mol. The average Bonchev–Trinajstić information content (AvgIpc) is 4.45. The Balaban J connectivity index is 0.833. The number of rotatable bonds is 10. The molecule has 0 radical (unpaired) electrons. The second-order valence-electron chi connectivity index (χ2n) is 27.2. The molecule has 1 spiro atoms. The van der Waals surface area contributed by atoms with Gasteiger partial charge in [-0.15, -0.1) is 0 Å². The van der Waals surface area contributed by atoms with Crippen molar-refractivity contribution in [2.45, 2.75) is 180 Å². The van der Waals surface area contributed by atoms with E-state index < -0.39 is 17.5 Å². The fourth-order valence-electron chi connectivity index (χ4n) is 15.9. The number of aryl methyl sites for hydroxylation is 1. The van der Waals surface area contributed by atoms with Crippen molar-refractivity contribution in [2.24, 2.45) is 22.7 Å². The van der Waals surface area contributed by atoms with Gasteiger partial charge in [0, 0.05) is 98.2 Å². The highest BCUT2D eigenvalue weighted by Crippen LogP contribution is 2.46. The van der Waals surface area contributed by atoms with Gasteiger partial charge in [-0.05, 0) is 149 Å². The maximum atomic E-state index is 15.3. The summed E-state index contributed by atoms with van der Waals surface area (Å²) in [6, 6.07) is 16.8. The van der Waals surface area contributed by atoms with E-state index in [1.54, 1.807) is 5.01 Å². The first-order chi connectivity index (χ1) is 38.7. The number of carbonyl (C=O) groups excluding carboxylic acids is 4. The Morgan fingerprint density at radius 1 is 0.863 bits per heavy atom. The van der Waals surface area contributed by atoms with Crippen molar-refractivity contribution in [1.82, 2.24) is 45.3 Å². The van der Waals surface area contributed by atoms with Crippen LogP contribution < -0.4 is 21.0 Å². The molecule has 6 bridgehead atoms. The minimum absolute atomic E-state index is 0.0215. The van der Waals surface area contributed by atoms with Crippen molar-refractivity contribution >= 4 is 40.3 Å². The molecule has 2 saturated carbocycles. The number of hydrogen-bond donors (Lipinski definition) is 3. The zero-order valence-electron chi connectivity index (χ0n) is 48.4. The molecule has 13 rings (SSSR count). The van der Waals surface area contributed by atoms with E-state index >= 15 is 9.59 Å². The molecule has 7 aliphatic heterocycles. The molecule has 0 unspecified atom stereocenters. The normalized spacial score (nSPS) is 29.1. The van der Waals surface area contributed by atoms with Crippen LogP contribution in [0.25, 0.3) is 33.3 Å². The van der Waals surface area contributed by atoms with Crippen LogP contribution in [0.1, 0.15) is 141 Å². The van der Waals surface area contributed by atoms with Gasteiger partial charge in [-0.2, -0.15) is 0 Å². The van der Waals surface area contributed by atoms with E-state index in [2.05, 4.69) is 130 Å². The van der Waals surface area contributed by atoms with Crippen LogP contribution in [0.5, 0.6) is 0 Å². The molecule has 9 heterocycles. The molecule has 2 aromatic carbocycles. The molecule has 15 nitrogen and oxygen atoms in total. The summed E-state index contributed by atoms with van der Waals surface area (Å²) in [5.41, 5.74) is 12.9. The second kappa shape index (κ2) is 21.8. The van der Waals surface area contributed by atoms with E-state index in [1.165, 1.54) is 66.5 Å². The van der Waals surface area contributed by atoms with Crippen LogP contribution in [0.2, 0.25) is 0 Å². The first kappa shape index (κ1) is 53.9. The van der Waals surface area contributed by atoms with Crippen LogP contribution in [-0.4, -0.2) is 155 Å². The largest absolute Gasteiger partial charge is 0.464 e. The summed E-state index contributed by atoms with van der Waals surface area (Å²) < 4.78 is 8.84. The molecule has 3 amide bonds. The Labute approximate surface area is 474 Å². The molecule has 2 aliphatic carbocycles. The third-order valence-electron chi connectivity index (χ3n) is 20.4. The number of likely N-dealkylation sites (tertiary alicyclic amines) is 2. The van der Waals surface area contributed by atoms with Gasteiger partial charge >= 0.3 is 5.97 Å². The number of esters is 1. The Bertz CT molecular complexity index is 3020. The van der Waals surface area contributed by atoms with Crippen molar-refractivity contribution in [2.75, 3.05) is 70.4 Å². The number of anilines is 1. The minimum Gasteiger partial charge on any atom is -0.464 e. The number of nitrogens with one attached hydrogen (secondary N) is 3. The number of fused-ring (bicyclic) bond motifs is 7. The Morgan fingerprint density at radius 2 is 1.68 bits per heavy atom. The molecule has 9 aliphatic rings. The van der Waals surface area contributed by atoms with Crippen molar-refractivity contribution in [3.8, 4) is 22.4 Å². The highest BCUT2D eigenvalue weighted by atomic mass is 16.5. The number of hydrazine groups is 1. The summed E-state index contributed by atoms with van der Waals surface area (Å²) in [7, 11) is 0. The number of amides is 3. The third-order valence-corrected chi connectivity index (χ3v) is 20.4. The van der Waals surface area contributed by atoms with Crippen LogP contribution in [-0.2, 0) is 43.3 Å². The zero-order valence-corrected chi connectivity index (χ0v) is 48.4. The first-order valence-corrected chi connectivity index (χ1v) is 31.3. The maximum absolute atomic E-state index is 15.3. The molecule has 428 valence electrons. The van der Waals surface area contributed by atoms with Crippen molar-refractivity contribution in [3.05, 3.63) is 71.5 Å². The first-order valence-electron chi connectivity index (χ1n) is 31.3. The highest BCUT2D eigenvalue weighted by Gasteiger charge is 2.55. The lowest BCUT2D eigenvalue weighted by atomic mass is 9.83. The fraction of sp³-hybridized carbons (Fsp3) is 0.646. The van der Waals surface area contributed by atoms with Gasteiger partial charge in [0.05, 0.1) is 35.9 Å². The van der Waals surface area contributed by atoms with Gasteiger partial charge in [-0.1, -0.05) is 77.3 Å². The molecule has 15 heteroatoms. The van der Waals surface area contributed by atoms with Gasteiger partial charge in [0.15, 0.2) is 0 Å². The molecule has 6 saturated heterocycles. The number of piperidine rings is 1. The molecule has 3 N–H and O–H groups in total. The maximum Gasteiger partial charge on any atom is 0.324 e. The van der Waals surface area contributed by atoms with Gasteiger partial charge in [0.1, 0.15) is 18.1 Å². The Hall–Kier alpha value is -5.35. The van der Waals surface area contributed by atoms with Crippen molar-refractivity contribution in [3.63, 3.8) is 0 Å². The van der Waals surface area contributed by atoms with E-state index in [0.29, 0.717) is 43.8 Å². The summed E-state index contributed by atoms with van der Waals surface area (Å²) in [6.07, 6.45) is 16.6. The summed E-state index contributed by atoms with van der Waals surface area (Å²) in [6.45, 7) is 19.9. The summed E-state index contributed by atoms with van der Waals surface area (Å²) >= 11 is 0. The quantitative estimate of drug-likeness (QED) is 0.104. The predicted octanol–water partition coefficient (Wildman–Crippen LogP) is 8.07. The van der Waals surface area contributed by atoms with Crippen LogP contribution in [0, 0.1) is 22.7 Å². The number of hydrogen-bond acceptors (Lipinski definition) is 11. The Kier molecular flexibility index (Phi) is 14.7. The van der Waals surface area contributed by atoms with Crippen LogP contribution >= 0.6 is 0 Å². The number of aromatic nitrogens is 2. The molecular formula is C65H88N10O5. The van der Waals surface area contributed by atoms with Crippen LogP contribution in [0.15, 0.2) is 54.7 Å². The number of ether oxygens (including phenoxy) is 1. The molecule has 2 aromatic heterocycles. The van der Waals surface area contributed by atoms with Crippen LogP contribution in [0.3, 0.4) is 0 Å². The van der Waals surface area contributed by atoms with E-state index in [4.69, 9.17) is 9.72 Å². The third kappa shape index (κ3) is 10.6. The van der Waals surface area contributed by atoms with E-state index in [9.17, 15) is 9.59 Å². The lowest BCUT2D eigenvalue weighted by molar-refractivity contribution is -0.155. The smallest absolute Gasteiger partial charge is 0.324 e. The summed E-state index contributed by atoms with van der Waals surface area (Å²) in [5, 5.41) is 9.66. The topological polar surface area (TPSA) is 158 Å². The second-order valence-corrected chi connectivity index (χ2v) is 27.2. The lowest BCUT2D eigenvalue weighted by Crippen LogP contribution is -2.62. The molecule has 8 fully saturated rings. The van der Waals surface area contributed by atoms with Crippen molar-refractivity contribution in [1.29, 1.82) is 0 Å². The van der Waals surface area contributed by atoms with E-state index in [0.717, 1.165) is 119 Å². The number of carbonyl (C=O) groups is 4. The van der Waals surface area contributed by atoms with Gasteiger partial charge in [0.25, 0.3) is 5.91 Å². The molecular weight excluding hydrogens is 1000 g/mol. The lowest BCUT2D eigenvalue weighted by Gasteiger charge is -2.45. The van der Waals surface area contributed by atoms with Gasteiger partial charge in [-0.25, -0.2) is 5.43 Å². The fourth-order valence-corrected chi connectivity index (χ4v) is 15.9. The Morgan fingerprint density at radius 3 is 2.49 bits per heavy atom. The molecule has 7 atom stereocenters. The number of piperazine rings is 1. The number of pyridine rings is 1. The SMILES string of the molecule is CCn1c(-c2cc(N3CCN4CCCC[C@@H]4C3)cnc2C(C)C)c2c3cc(ccc31)-c1cccc(c1)C[C@H](NC(=O)[C@H](C1CCCC1)N1CC[C@]3(CCN(C(=O)[C@@H]4N[C@@H]4C4CC4)C3)C1)C(=O)N1CCC[C@H](N1)C(=O)OCC(C)(C)C2. The number of cyclic esters (lactones) is 1. The zero-order chi connectivity index (χ0) is 55.0. The summed E-state index contributed by atoms with van der Waals surface area (Å²) in [5.74, 6) is 0.589. The van der Waals surface area contributed by atoms with Gasteiger partial charge < -0.3 is 24.4 Å².